The van der Waals surface area contributed by atoms with Crippen molar-refractivity contribution >= 4 is 95.7 Å². The molecule has 4 fully saturated rings. The standard InChI is InChI=1S/2C24H30FN7O2.C22H27FN8O2.C21H24FN7O2.CH4/c2*1-4-14-8-17(25)9-18-19(14)28-22(26)32-21(18)29-20(30-32)15-6-5-7-24(34,10-15)16-11-27-31(12-16)13-23(2,3)33;1-22(2,12-32)30-11-14(9-25-30)29-6-4-5-13(10-29)19-27-20-15-7-16(23)18(33-3)8-17(15)26-21(24)31(20)28-19;1-3-28-11-13(10-24-28)21(30)6-4-5-12(9-21)18-26-19-14-7-15(22)17(31-2)8-16(14)25-20(23)29(19)27-18;/h2*8-9,11-12,15,33-34H,4-7,10,13H2,1-3H3,(H2,26,28);7-9,11,13,32H,4-6,10,12H2,1-3H3,(H2,24,26);7-8,10-12,30H,3-6,9H2,1-2H3,(H2,23,25);1H4/t2*15-,24-;13-;12-,21-;/m1011./s1. The highest BCUT2D eigenvalue weighted by atomic mass is 19.1. The van der Waals surface area contributed by atoms with Gasteiger partial charge in [0.1, 0.15) is 11.6 Å². The first kappa shape index (κ1) is 93.3. The van der Waals surface area contributed by atoms with E-state index < -0.39 is 45.2 Å². The number of aliphatic hydroxyl groups is 6. The molecule has 133 heavy (non-hydrogen) atoms. The van der Waals surface area contributed by atoms with Crippen LogP contribution in [0.3, 0.4) is 0 Å². The molecule has 0 spiro atoms. The van der Waals surface area contributed by atoms with E-state index in [9.17, 15) is 48.2 Å². The third kappa shape index (κ3) is 18.6. The molecular weight excluding hydrogens is 1720 g/mol. The molecule has 7 atom stereocenters. The van der Waals surface area contributed by atoms with Gasteiger partial charge >= 0.3 is 0 Å². The minimum Gasteiger partial charge on any atom is -0.494 e. The highest BCUT2D eigenvalue weighted by Gasteiger charge is 2.44. The fourth-order valence-electron chi connectivity index (χ4n) is 18.9. The van der Waals surface area contributed by atoms with Crippen molar-refractivity contribution in [1.82, 2.24) is 117 Å². The van der Waals surface area contributed by atoms with Gasteiger partial charge in [-0.2, -0.15) is 38.5 Å². The van der Waals surface area contributed by atoms with Gasteiger partial charge in [-0.15, -0.1) is 20.4 Å². The first-order valence-electron chi connectivity index (χ1n) is 44.6. The topological polar surface area (TPSA) is 491 Å². The summed E-state index contributed by atoms with van der Waals surface area (Å²) >= 11 is 0. The number of anilines is 5. The van der Waals surface area contributed by atoms with Crippen LogP contribution >= 0.6 is 0 Å². The number of hydrogen-bond acceptors (Lipinski definition) is 29. The number of nitrogens with two attached hydrogens (primary N) is 4. The quantitative estimate of drug-likeness (QED) is 0.0336. The summed E-state index contributed by atoms with van der Waals surface area (Å²) in [6.07, 6.45) is 25.5. The van der Waals surface area contributed by atoms with E-state index >= 15 is 0 Å². The Hall–Kier alpha value is -13.0. The molecular formula is C92H115F4N29O8. The van der Waals surface area contributed by atoms with E-state index in [2.05, 4.69) is 65.6 Å². The monoisotopic (exact) mass is 1830 g/mol. The third-order valence-corrected chi connectivity index (χ3v) is 25.8. The van der Waals surface area contributed by atoms with Crippen LogP contribution in [0.1, 0.15) is 234 Å². The number of ether oxygens (including phenoxy) is 2. The third-order valence-electron chi connectivity index (χ3n) is 25.8. The molecule has 41 heteroatoms. The van der Waals surface area contributed by atoms with Crippen molar-refractivity contribution in [2.45, 2.75) is 249 Å². The maximum atomic E-state index is 14.4. The van der Waals surface area contributed by atoms with Crippen LogP contribution < -0.4 is 37.3 Å². The molecule has 3 saturated carbocycles. The van der Waals surface area contributed by atoms with Gasteiger partial charge in [-0.3, -0.25) is 18.7 Å². The Morgan fingerprint density at radius 1 is 0.451 bits per heavy atom. The Morgan fingerprint density at radius 2 is 0.820 bits per heavy atom. The van der Waals surface area contributed by atoms with Crippen LogP contribution in [0, 0.1) is 23.3 Å². The Kier molecular flexibility index (Phi) is 25.4. The molecule has 1 aliphatic heterocycles. The second-order valence-electron chi connectivity index (χ2n) is 37.3. The zero-order valence-electron chi connectivity index (χ0n) is 75.6. The summed E-state index contributed by atoms with van der Waals surface area (Å²) in [5.74, 6) is 1.37. The second-order valence-corrected chi connectivity index (χ2v) is 37.3. The first-order chi connectivity index (χ1) is 62.8. The highest BCUT2D eigenvalue weighted by Crippen LogP contribution is 2.48. The summed E-state index contributed by atoms with van der Waals surface area (Å²) in [5.41, 5.74) is 28.1. The molecule has 0 unspecified atom stereocenters. The normalized spacial score (nSPS) is 20.4. The van der Waals surface area contributed by atoms with Gasteiger partial charge in [-0.1, -0.05) is 21.3 Å². The molecule has 1 saturated heterocycles. The average molecular weight is 1830 g/mol. The maximum Gasteiger partial charge on any atom is 0.223 e. The summed E-state index contributed by atoms with van der Waals surface area (Å²) in [6.45, 7) is 19.6. The molecule has 12 aromatic heterocycles. The summed E-state index contributed by atoms with van der Waals surface area (Å²) < 4.78 is 80.2. The van der Waals surface area contributed by atoms with Crippen LogP contribution in [-0.4, -0.2) is 193 Å². The number of aryl methyl sites for hydroxylation is 3. The van der Waals surface area contributed by atoms with Crippen molar-refractivity contribution in [3.8, 4) is 11.5 Å². The Balaban J connectivity index is 0.000000129. The van der Waals surface area contributed by atoms with Crippen LogP contribution in [0.5, 0.6) is 11.5 Å². The lowest BCUT2D eigenvalue weighted by molar-refractivity contribution is -0.00997. The zero-order chi connectivity index (χ0) is 93.6. The number of nitrogen functional groups attached to an aromatic ring is 4. The van der Waals surface area contributed by atoms with Crippen molar-refractivity contribution in [2.75, 3.05) is 61.8 Å². The van der Waals surface area contributed by atoms with E-state index in [1.165, 1.54) is 80.8 Å². The predicted octanol–water partition coefficient (Wildman–Crippen LogP) is 11.9. The fourth-order valence-corrected chi connectivity index (χ4v) is 18.9. The van der Waals surface area contributed by atoms with Crippen molar-refractivity contribution in [3.63, 3.8) is 0 Å². The molecule has 14 N–H and O–H groups in total. The highest BCUT2D eigenvalue weighted by molar-refractivity contribution is 5.96. The summed E-state index contributed by atoms with van der Waals surface area (Å²) in [5, 5.41) is 102. The smallest absolute Gasteiger partial charge is 0.223 e. The van der Waals surface area contributed by atoms with Crippen LogP contribution in [0.2, 0.25) is 0 Å². The van der Waals surface area contributed by atoms with Crippen molar-refractivity contribution in [2.24, 2.45) is 0 Å². The van der Waals surface area contributed by atoms with Crippen molar-refractivity contribution < 1.29 is 57.7 Å². The number of rotatable bonds is 19. The average Bonchev–Trinajstić information content (AvgIpc) is 1.62. The van der Waals surface area contributed by atoms with Gasteiger partial charge in [0.15, 0.2) is 69.0 Å². The minimum absolute atomic E-state index is 0. The van der Waals surface area contributed by atoms with Crippen LogP contribution in [-0.2, 0) is 54.8 Å². The summed E-state index contributed by atoms with van der Waals surface area (Å²) in [7, 11) is 2.81. The SMILES string of the molecule is C.CCc1cc(F)cc2c1nc(N)n1nc([C@@H]3CCC[C@](O)(c4cnn(CC(C)(C)O)c4)C3)nc21.CCc1cc(F)cc2c1nc(N)n1nc([C@H]3CCC[C@@](O)(c4cnn(CC(C)(C)O)c4)C3)nc21.CCn1cc([C@@]2(O)CCC[C@@H](c3nc4c5cc(F)c(OC)cc5nc(N)n4n3)C2)cn1.COc1cc2nc(N)n3nc([C@@H]4CCCN(c5cnn(C(C)(C)CO)c5)C4)nc3c2cc1F. The number of methoxy groups -OCH3 is 2. The number of piperidine rings is 1. The van der Waals surface area contributed by atoms with Gasteiger partial charge in [0.2, 0.25) is 23.8 Å². The number of aliphatic hydroxyl groups excluding tert-OH is 1. The largest absolute Gasteiger partial charge is 0.494 e. The molecule has 0 bridgehead atoms. The van der Waals surface area contributed by atoms with Gasteiger partial charge in [-0.25, -0.2) is 57.4 Å². The van der Waals surface area contributed by atoms with E-state index in [-0.39, 0.29) is 84.6 Å². The van der Waals surface area contributed by atoms with Gasteiger partial charge in [0.05, 0.1) is 120 Å². The Morgan fingerprint density at radius 3 is 1.19 bits per heavy atom. The molecule has 20 rings (SSSR count). The van der Waals surface area contributed by atoms with Gasteiger partial charge < -0.3 is 67.9 Å². The number of benzene rings is 4. The number of halogens is 4. The molecule has 3 aliphatic carbocycles. The molecule has 37 nitrogen and oxygen atoms in total. The Bertz CT molecular complexity index is 6800. The molecule has 13 heterocycles. The number of aromatic nitrogens is 24. The van der Waals surface area contributed by atoms with Crippen LogP contribution in [0.4, 0.5) is 47.0 Å². The van der Waals surface area contributed by atoms with E-state index in [1.807, 2.05) is 53.2 Å². The first-order valence-corrected chi connectivity index (χ1v) is 44.6. The number of fused-ring (bicyclic) bond motifs is 12. The lowest BCUT2D eigenvalue weighted by atomic mass is 9.75. The van der Waals surface area contributed by atoms with Crippen LogP contribution in [0.25, 0.3) is 66.2 Å². The zero-order valence-corrected chi connectivity index (χ0v) is 75.6. The number of hydrogen-bond donors (Lipinski definition) is 10. The van der Waals surface area contributed by atoms with E-state index in [1.54, 1.807) is 77.4 Å². The van der Waals surface area contributed by atoms with Gasteiger partial charge in [0, 0.05) is 118 Å². The summed E-state index contributed by atoms with van der Waals surface area (Å²) in [6, 6.07) is 11.5. The molecule has 4 aromatic carbocycles. The van der Waals surface area contributed by atoms with Crippen molar-refractivity contribution in [1.29, 1.82) is 0 Å². The molecule has 16 aromatic rings. The van der Waals surface area contributed by atoms with Gasteiger partial charge in [-0.05, 0) is 199 Å². The van der Waals surface area contributed by atoms with Crippen molar-refractivity contribution in [3.05, 3.63) is 172 Å². The van der Waals surface area contributed by atoms with E-state index in [0.29, 0.717) is 165 Å². The molecule has 4 aliphatic rings. The Labute approximate surface area is 762 Å². The predicted molar refractivity (Wildman–Crippen MR) is 492 cm³/mol. The molecule has 704 valence electrons. The number of nitrogens with zero attached hydrogens (tertiary/aromatic N) is 25. The lowest BCUT2D eigenvalue weighted by Crippen LogP contribution is -2.35. The van der Waals surface area contributed by atoms with Crippen LogP contribution in [0.15, 0.2) is 98.1 Å². The minimum atomic E-state index is -1.08. The molecule has 0 radical (unpaired) electrons. The van der Waals surface area contributed by atoms with Gasteiger partial charge in [0.25, 0.3) is 0 Å². The molecule has 0 amide bonds. The lowest BCUT2D eigenvalue weighted by Gasteiger charge is -2.35. The van der Waals surface area contributed by atoms with E-state index in [4.69, 9.17) is 52.3 Å². The fraction of sp³-hybridized carbons (Fsp3) is 0.478. The maximum absolute atomic E-state index is 14.4. The second kappa shape index (κ2) is 36.2. The van der Waals surface area contributed by atoms with E-state index in [0.717, 1.165) is 93.4 Å². The summed E-state index contributed by atoms with van der Waals surface area (Å²) in [4.78, 5) is 38.8.